The van der Waals surface area contributed by atoms with Crippen LogP contribution < -0.4 is 5.32 Å². The van der Waals surface area contributed by atoms with Gasteiger partial charge in [-0.05, 0) is 31.9 Å². The van der Waals surface area contributed by atoms with Gasteiger partial charge in [-0.3, -0.25) is 9.59 Å². The van der Waals surface area contributed by atoms with Gasteiger partial charge in [-0.2, -0.15) is 0 Å². The van der Waals surface area contributed by atoms with Crippen molar-refractivity contribution in [2.24, 2.45) is 0 Å². The fourth-order valence-electron chi connectivity index (χ4n) is 3.16. The van der Waals surface area contributed by atoms with E-state index in [0.717, 1.165) is 23.7 Å². The summed E-state index contributed by atoms with van der Waals surface area (Å²) in [6.45, 7) is 4.32. The molecule has 2 aliphatic rings. The molecule has 2 heterocycles. The van der Waals surface area contributed by atoms with Crippen molar-refractivity contribution < 1.29 is 14.3 Å². The van der Waals surface area contributed by atoms with Crippen LogP contribution >= 0.6 is 11.8 Å². The third kappa shape index (κ3) is 4.25. The van der Waals surface area contributed by atoms with Crippen molar-refractivity contribution in [3.05, 3.63) is 35.9 Å². The van der Waals surface area contributed by atoms with Crippen LogP contribution in [-0.2, 0) is 9.53 Å². The highest BCUT2D eigenvalue weighted by molar-refractivity contribution is 8.00. The zero-order chi connectivity index (χ0) is 18.8. The summed E-state index contributed by atoms with van der Waals surface area (Å²) >= 11 is 1.40. The van der Waals surface area contributed by atoms with E-state index in [1.54, 1.807) is 0 Å². The molecule has 1 N–H and O–H groups in total. The number of carbonyl (C=O) groups is 2. The van der Waals surface area contributed by atoms with Crippen LogP contribution in [0.2, 0.25) is 0 Å². The third-order valence-electron chi connectivity index (χ3n) is 4.82. The monoisotopic (exact) mass is 385 g/mol. The van der Waals surface area contributed by atoms with Gasteiger partial charge in [0.05, 0.1) is 34.6 Å². The van der Waals surface area contributed by atoms with E-state index < -0.39 is 0 Å². The number of pyridine rings is 1. The minimum absolute atomic E-state index is 0.0647. The van der Waals surface area contributed by atoms with Crippen LogP contribution in [0.4, 0.5) is 0 Å². The van der Waals surface area contributed by atoms with Crippen LogP contribution in [0.5, 0.6) is 0 Å². The number of fused-ring (bicyclic) bond motifs is 1. The maximum Gasteiger partial charge on any atom is 0.252 e. The number of rotatable bonds is 5. The minimum Gasteiger partial charge on any atom is -0.378 e. The van der Waals surface area contributed by atoms with Crippen LogP contribution in [0.25, 0.3) is 10.9 Å². The number of morpholine rings is 1. The fourth-order valence-corrected chi connectivity index (χ4v) is 4.11. The van der Waals surface area contributed by atoms with E-state index >= 15 is 0 Å². The van der Waals surface area contributed by atoms with Gasteiger partial charge in [0.15, 0.2) is 0 Å². The summed E-state index contributed by atoms with van der Waals surface area (Å²) in [6.07, 6.45) is 2.09. The first-order chi connectivity index (χ1) is 13.1. The summed E-state index contributed by atoms with van der Waals surface area (Å²) in [4.78, 5) is 31.9. The molecule has 1 aromatic heterocycles. The van der Waals surface area contributed by atoms with Crippen LogP contribution in [0.1, 0.15) is 30.1 Å². The molecule has 1 saturated carbocycles. The number of ether oxygens (including phenoxy) is 1. The SMILES string of the molecule is CC(Sc1cc(C(=O)NC2CC2)c2ccccc2n1)C(=O)N1CCOCC1. The Labute approximate surface area is 162 Å². The summed E-state index contributed by atoms with van der Waals surface area (Å²) in [5.74, 6) is 0.0207. The third-order valence-corrected chi connectivity index (χ3v) is 5.82. The second-order valence-electron chi connectivity index (χ2n) is 6.97. The smallest absolute Gasteiger partial charge is 0.252 e. The second kappa shape index (κ2) is 7.86. The van der Waals surface area contributed by atoms with Gasteiger partial charge in [-0.1, -0.05) is 30.0 Å². The lowest BCUT2D eigenvalue weighted by atomic mass is 10.1. The first kappa shape index (κ1) is 18.3. The van der Waals surface area contributed by atoms with Crippen molar-refractivity contribution in [3.63, 3.8) is 0 Å². The van der Waals surface area contributed by atoms with E-state index in [1.165, 1.54) is 11.8 Å². The predicted octanol–water partition coefficient (Wildman–Crippen LogP) is 2.47. The number of benzene rings is 1. The number of hydrogen-bond acceptors (Lipinski definition) is 5. The molecule has 142 valence electrons. The Balaban J connectivity index is 1.57. The summed E-state index contributed by atoms with van der Waals surface area (Å²) in [5.41, 5.74) is 1.40. The van der Waals surface area contributed by atoms with Crippen molar-refractivity contribution in [1.82, 2.24) is 15.2 Å². The molecule has 2 aromatic rings. The highest BCUT2D eigenvalue weighted by Crippen LogP contribution is 2.29. The molecule has 2 fully saturated rings. The van der Waals surface area contributed by atoms with Crippen molar-refractivity contribution in [2.45, 2.75) is 36.1 Å². The van der Waals surface area contributed by atoms with Crippen molar-refractivity contribution in [2.75, 3.05) is 26.3 Å². The Morgan fingerprint density at radius 3 is 2.74 bits per heavy atom. The summed E-state index contributed by atoms with van der Waals surface area (Å²) < 4.78 is 5.32. The maximum absolute atomic E-state index is 12.7. The summed E-state index contributed by atoms with van der Waals surface area (Å²) in [6, 6.07) is 9.75. The number of hydrogen-bond donors (Lipinski definition) is 1. The minimum atomic E-state index is -0.267. The number of para-hydroxylation sites is 1. The Kier molecular flexibility index (Phi) is 5.31. The standard InChI is InChI=1S/C20H23N3O3S/c1-13(20(25)23-8-10-26-11-9-23)27-18-12-16(19(24)21-14-6-7-14)15-4-2-3-5-17(15)22-18/h2-5,12-14H,6-11H2,1H3,(H,21,24). The molecule has 1 aliphatic carbocycles. The van der Waals surface area contributed by atoms with Gasteiger partial charge < -0.3 is 15.0 Å². The number of thioether (sulfide) groups is 1. The molecule has 0 spiro atoms. The molecule has 1 aromatic carbocycles. The molecule has 27 heavy (non-hydrogen) atoms. The Hall–Kier alpha value is -2.12. The molecule has 0 radical (unpaired) electrons. The van der Waals surface area contributed by atoms with Crippen LogP contribution in [0.15, 0.2) is 35.4 Å². The Bertz CT molecular complexity index is 863. The molecule has 7 heteroatoms. The molecule has 1 atom stereocenters. The quantitative estimate of drug-likeness (QED) is 0.801. The van der Waals surface area contributed by atoms with Crippen molar-refractivity contribution >= 4 is 34.5 Å². The van der Waals surface area contributed by atoms with Crippen LogP contribution in [-0.4, -0.2) is 59.3 Å². The lowest BCUT2D eigenvalue weighted by molar-refractivity contribution is -0.134. The number of nitrogens with zero attached hydrogens (tertiary/aromatic N) is 2. The van der Waals surface area contributed by atoms with Gasteiger partial charge in [0.25, 0.3) is 5.91 Å². The highest BCUT2D eigenvalue weighted by Gasteiger charge is 2.26. The lowest BCUT2D eigenvalue weighted by Crippen LogP contribution is -2.44. The second-order valence-corrected chi connectivity index (χ2v) is 8.33. The summed E-state index contributed by atoms with van der Waals surface area (Å²) in [5, 5.41) is 4.32. The normalized spacial score (nSPS) is 18.3. The zero-order valence-corrected chi connectivity index (χ0v) is 16.1. The first-order valence-corrected chi connectivity index (χ1v) is 10.2. The Morgan fingerprint density at radius 2 is 2.00 bits per heavy atom. The van der Waals surface area contributed by atoms with Gasteiger partial charge >= 0.3 is 0 Å². The molecule has 1 aliphatic heterocycles. The van der Waals surface area contributed by atoms with Crippen LogP contribution in [0.3, 0.4) is 0 Å². The topological polar surface area (TPSA) is 71.5 Å². The fraction of sp³-hybridized carbons (Fsp3) is 0.450. The lowest BCUT2D eigenvalue weighted by Gasteiger charge is -2.29. The molecule has 0 bridgehead atoms. The van der Waals surface area contributed by atoms with Crippen LogP contribution in [0, 0.1) is 0 Å². The van der Waals surface area contributed by atoms with Crippen molar-refractivity contribution in [1.29, 1.82) is 0 Å². The number of aromatic nitrogens is 1. The molecule has 2 amide bonds. The number of nitrogens with one attached hydrogen (secondary N) is 1. The summed E-state index contributed by atoms with van der Waals surface area (Å²) in [7, 11) is 0. The number of carbonyl (C=O) groups excluding carboxylic acids is 2. The largest absolute Gasteiger partial charge is 0.378 e. The molecule has 4 rings (SSSR count). The average Bonchev–Trinajstić information content (AvgIpc) is 3.51. The molecule has 1 saturated heterocycles. The molecule has 6 nitrogen and oxygen atoms in total. The van der Waals surface area contributed by atoms with E-state index in [9.17, 15) is 9.59 Å². The zero-order valence-electron chi connectivity index (χ0n) is 15.3. The van der Waals surface area contributed by atoms with E-state index in [4.69, 9.17) is 4.74 Å². The molecular formula is C20H23N3O3S. The number of amides is 2. The average molecular weight is 385 g/mol. The maximum atomic E-state index is 12.7. The highest BCUT2D eigenvalue weighted by atomic mass is 32.2. The van der Waals surface area contributed by atoms with E-state index in [2.05, 4.69) is 10.3 Å². The van der Waals surface area contributed by atoms with E-state index in [-0.39, 0.29) is 17.1 Å². The van der Waals surface area contributed by atoms with Crippen molar-refractivity contribution in [3.8, 4) is 0 Å². The first-order valence-electron chi connectivity index (χ1n) is 9.35. The van der Waals surface area contributed by atoms with Gasteiger partial charge in [0.2, 0.25) is 5.91 Å². The van der Waals surface area contributed by atoms with Gasteiger partial charge in [0, 0.05) is 24.5 Å². The predicted molar refractivity (Wildman–Crippen MR) is 105 cm³/mol. The van der Waals surface area contributed by atoms with E-state index in [0.29, 0.717) is 42.9 Å². The molecular weight excluding hydrogens is 362 g/mol. The van der Waals surface area contributed by atoms with Gasteiger partial charge in [-0.15, -0.1) is 0 Å². The van der Waals surface area contributed by atoms with E-state index in [1.807, 2.05) is 42.2 Å². The Morgan fingerprint density at radius 1 is 1.26 bits per heavy atom. The molecule has 1 unspecified atom stereocenters. The van der Waals surface area contributed by atoms with Gasteiger partial charge in [0.1, 0.15) is 0 Å². The van der Waals surface area contributed by atoms with Gasteiger partial charge in [-0.25, -0.2) is 4.98 Å².